The molecule has 0 aliphatic carbocycles. The number of hydrogen-bond acceptors (Lipinski definition) is 2. The average Bonchev–Trinajstić information content (AvgIpc) is 2.94. The summed E-state index contributed by atoms with van der Waals surface area (Å²) in [6.07, 6.45) is 8.04. The monoisotopic (exact) mass is 358 g/mol. The minimum atomic E-state index is 0.00572. The van der Waals surface area contributed by atoms with Crippen LogP contribution in [0.15, 0.2) is 30.3 Å². The first-order valence-electron chi connectivity index (χ1n) is 10.4. The summed E-state index contributed by atoms with van der Waals surface area (Å²) < 4.78 is 5.60. The summed E-state index contributed by atoms with van der Waals surface area (Å²) >= 11 is 0. The number of urea groups is 1. The van der Waals surface area contributed by atoms with E-state index in [2.05, 4.69) is 42.6 Å². The molecule has 3 rings (SSSR count). The molecule has 2 aliphatic rings. The Morgan fingerprint density at radius 1 is 1.19 bits per heavy atom. The fourth-order valence-corrected chi connectivity index (χ4v) is 4.54. The van der Waals surface area contributed by atoms with Crippen LogP contribution < -0.4 is 5.32 Å². The van der Waals surface area contributed by atoms with Gasteiger partial charge in [0.2, 0.25) is 0 Å². The number of rotatable bonds is 5. The van der Waals surface area contributed by atoms with Gasteiger partial charge in [-0.1, -0.05) is 50.1 Å². The van der Waals surface area contributed by atoms with Gasteiger partial charge in [0.1, 0.15) is 0 Å². The number of nitrogens with zero attached hydrogens (tertiary/aromatic N) is 1. The van der Waals surface area contributed by atoms with Crippen LogP contribution >= 0.6 is 0 Å². The molecule has 0 saturated carbocycles. The molecule has 144 valence electrons. The molecule has 0 bridgehead atoms. The topological polar surface area (TPSA) is 41.6 Å². The van der Waals surface area contributed by atoms with E-state index < -0.39 is 0 Å². The van der Waals surface area contributed by atoms with Crippen LogP contribution in [0.1, 0.15) is 57.4 Å². The summed E-state index contributed by atoms with van der Waals surface area (Å²) in [6, 6.07) is 10.7. The van der Waals surface area contributed by atoms with Crippen LogP contribution in [0.4, 0.5) is 4.79 Å². The number of likely N-dealkylation sites (tertiary alicyclic amines) is 1. The summed E-state index contributed by atoms with van der Waals surface area (Å²) in [4.78, 5) is 14.9. The number of benzene rings is 1. The average molecular weight is 359 g/mol. The predicted octanol–water partition coefficient (Wildman–Crippen LogP) is 4.35. The summed E-state index contributed by atoms with van der Waals surface area (Å²) in [5.41, 5.74) is 1.33. The molecule has 1 unspecified atom stereocenters. The third kappa shape index (κ3) is 4.79. The van der Waals surface area contributed by atoms with Crippen molar-refractivity contribution in [1.29, 1.82) is 0 Å². The van der Waals surface area contributed by atoms with E-state index >= 15 is 0 Å². The second-order valence-corrected chi connectivity index (χ2v) is 7.99. The van der Waals surface area contributed by atoms with Gasteiger partial charge < -0.3 is 15.0 Å². The smallest absolute Gasteiger partial charge is 0.317 e. The summed E-state index contributed by atoms with van der Waals surface area (Å²) in [6.45, 7) is 6.30. The first kappa shape index (κ1) is 19.2. The maximum atomic E-state index is 12.8. The largest absolute Gasteiger partial charge is 0.381 e. The number of hydrogen-bond donors (Lipinski definition) is 1. The molecule has 26 heavy (non-hydrogen) atoms. The molecule has 4 heteroatoms. The lowest BCUT2D eigenvalue weighted by Crippen LogP contribution is -2.48. The number of carbonyl (C=O) groups excluding carboxylic acids is 1. The Labute approximate surface area is 158 Å². The Morgan fingerprint density at radius 2 is 1.96 bits per heavy atom. The normalized spacial score (nSPS) is 23.3. The molecule has 1 N–H and O–H groups in total. The van der Waals surface area contributed by atoms with Crippen molar-refractivity contribution in [3.05, 3.63) is 35.9 Å². The molecule has 1 atom stereocenters. The predicted molar refractivity (Wildman–Crippen MR) is 105 cm³/mol. The van der Waals surface area contributed by atoms with E-state index in [-0.39, 0.29) is 11.4 Å². The lowest BCUT2D eigenvalue weighted by molar-refractivity contribution is 0.0501. The van der Waals surface area contributed by atoms with Crippen molar-refractivity contribution in [3.63, 3.8) is 0 Å². The van der Waals surface area contributed by atoms with Gasteiger partial charge in [-0.3, -0.25) is 0 Å². The van der Waals surface area contributed by atoms with Gasteiger partial charge in [0.05, 0.1) is 0 Å². The van der Waals surface area contributed by atoms with Gasteiger partial charge >= 0.3 is 6.03 Å². The molecule has 0 spiro atoms. The Kier molecular flexibility index (Phi) is 6.95. The Morgan fingerprint density at radius 3 is 2.69 bits per heavy atom. The fraction of sp³-hybridized carbons (Fsp3) is 0.682. The third-order valence-corrected chi connectivity index (χ3v) is 6.25. The second-order valence-electron chi connectivity index (χ2n) is 7.99. The van der Waals surface area contributed by atoms with Crippen LogP contribution in [0, 0.1) is 5.92 Å². The molecule has 0 radical (unpaired) electrons. The van der Waals surface area contributed by atoms with Crippen LogP contribution in [0.25, 0.3) is 0 Å². The zero-order valence-corrected chi connectivity index (χ0v) is 16.2. The molecular weight excluding hydrogens is 324 g/mol. The van der Waals surface area contributed by atoms with E-state index in [0.717, 1.165) is 57.9 Å². The van der Waals surface area contributed by atoms with Crippen LogP contribution in [0.5, 0.6) is 0 Å². The third-order valence-electron chi connectivity index (χ3n) is 6.25. The van der Waals surface area contributed by atoms with Crippen molar-refractivity contribution in [2.24, 2.45) is 5.92 Å². The molecule has 2 aliphatic heterocycles. The molecule has 2 fully saturated rings. The summed E-state index contributed by atoms with van der Waals surface area (Å²) in [7, 11) is 0. The first-order valence-corrected chi connectivity index (χ1v) is 10.4. The number of carbonyl (C=O) groups is 1. The molecule has 2 amide bonds. The fourth-order valence-electron chi connectivity index (χ4n) is 4.54. The number of ether oxygens (including phenoxy) is 1. The van der Waals surface area contributed by atoms with E-state index in [1.54, 1.807) is 0 Å². The highest BCUT2D eigenvalue weighted by atomic mass is 16.5. The van der Waals surface area contributed by atoms with Crippen molar-refractivity contribution >= 4 is 6.03 Å². The van der Waals surface area contributed by atoms with E-state index in [4.69, 9.17) is 4.74 Å². The highest BCUT2D eigenvalue weighted by Gasteiger charge is 2.35. The summed E-state index contributed by atoms with van der Waals surface area (Å²) in [5.74, 6) is 0.795. The van der Waals surface area contributed by atoms with Crippen LogP contribution in [-0.2, 0) is 10.2 Å². The van der Waals surface area contributed by atoms with Crippen molar-refractivity contribution in [3.8, 4) is 0 Å². The van der Waals surface area contributed by atoms with Gasteiger partial charge in [0.25, 0.3) is 0 Å². The lowest BCUT2D eigenvalue weighted by Gasteiger charge is -2.38. The molecule has 1 aromatic carbocycles. The minimum absolute atomic E-state index is 0.00572. The van der Waals surface area contributed by atoms with Crippen molar-refractivity contribution in [2.75, 3.05) is 32.8 Å². The van der Waals surface area contributed by atoms with Gasteiger partial charge in [-0.15, -0.1) is 0 Å². The van der Waals surface area contributed by atoms with E-state index in [1.807, 2.05) is 4.90 Å². The maximum Gasteiger partial charge on any atom is 0.317 e. The lowest BCUT2D eigenvalue weighted by atomic mass is 9.74. The SMILES string of the molecule is CCCC1CCCN(C(=O)NCC2(c3ccccc3)CCOCC2)CC1. The number of nitrogens with one attached hydrogen (secondary N) is 1. The zero-order valence-electron chi connectivity index (χ0n) is 16.2. The van der Waals surface area contributed by atoms with Crippen LogP contribution in [-0.4, -0.2) is 43.8 Å². The molecule has 1 aromatic rings. The Balaban J connectivity index is 1.59. The van der Waals surface area contributed by atoms with Crippen LogP contribution in [0.3, 0.4) is 0 Å². The molecular formula is C22H34N2O2. The molecule has 2 heterocycles. The van der Waals surface area contributed by atoms with Gasteiger partial charge in [0, 0.05) is 38.3 Å². The first-order chi connectivity index (χ1) is 12.7. The van der Waals surface area contributed by atoms with Crippen molar-refractivity contribution in [2.45, 2.75) is 57.3 Å². The van der Waals surface area contributed by atoms with E-state index in [0.29, 0.717) is 6.54 Å². The zero-order chi connectivity index (χ0) is 18.2. The maximum absolute atomic E-state index is 12.8. The molecule has 0 aromatic heterocycles. The van der Waals surface area contributed by atoms with Gasteiger partial charge in [-0.25, -0.2) is 4.79 Å². The Bertz CT molecular complexity index is 555. The van der Waals surface area contributed by atoms with Crippen molar-refractivity contribution < 1.29 is 9.53 Å². The Hall–Kier alpha value is -1.55. The highest BCUT2D eigenvalue weighted by Crippen LogP contribution is 2.34. The minimum Gasteiger partial charge on any atom is -0.381 e. The van der Waals surface area contributed by atoms with Gasteiger partial charge in [-0.2, -0.15) is 0 Å². The van der Waals surface area contributed by atoms with Gasteiger partial charge in [-0.05, 0) is 43.6 Å². The second kappa shape index (κ2) is 9.40. The molecule has 4 nitrogen and oxygen atoms in total. The van der Waals surface area contributed by atoms with Gasteiger partial charge in [0.15, 0.2) is 0 Å². The number of amides is 2. The van der Waals surface area contributed by atoms with Crippen molar-refractivity contribution in [1.82, 2.24) is 10.2 Å². The highest BCUT2D eigenvalue weighted by molar-refractivity contribution is 5.74. The van der Waals surface area contributed by atoms with E-state index in [1.165, 1.54) is 24.8 Å². The summed E-state index contributed by atoms with van der Waals surface area (Å²) in [5, 5.41) is 3.27. The molecule has 2 saturated heterocycles. The van der Waals surface area contributed by atoms with Crippen LogP contribution in [0.2, 0.25) is 0 Å². The standard InChI is InChI=1S/C22H34N2O2/c1-2-7-19-8-6-14-24(15-11-19)21(25)23-18-22(12-16-26-17-13-22)20-9-4-3-5-10-20/h3-5,9-10,19H,2,6-8,11-18H2,1H3,(H,23,25). The van der Waals surface area contributed by atoms with E-state index in [9.17, 15) is 4.79 Å². The quantitative estimate of drug-likeness (QED) is 0.850.